The first-order valence-electron chi connectivity index (χ1n) is 10.5. The van der Waals surface area contributed by atoms with Gasteiger partial charge in [-0.1, -0.05) is 42.7 Å². The molecule has 1 heterocycles. The number of carboxylic acid groups (broad SMARTS) is 1. The summed E-state index contributed by atoms with van der Waals surface area (Å²) in [6, 6.07) is 8.12. The van der Waals surface area contributed by atoms with Gasteiger partial charge in [0, 0.05) is 17.0 Å². The van der Waals surface area contributed by atoms with E-state index in [9.17, 15) is 19.5 Å². The third-order valence-electron chi connectivity index (χ3n) is 5.95. The average Bonchev–Trinajstić information content (AvgIpc) is 3.45. The van der Waals surface area contributed by atoms with Crippen molar-refractivity contribution in [2.45, 2.75) is 51.5 Å². The fourth-order valence-corrected chi connectivity index (χ4v) is 5.02. The van der Waals surface area contributed by atoms with Crippen molar-refractivity contribution in [2.24, 2.45) is 11.8 Å². The lowest BCUT2D eigenvalue weighted by Crippen LogP contribution is -2.36. The fraction of sp³-hybridized carbons (Fsp3) is 0.435. The third-order valence-corrected chi connectivity index (χ3v) is 6.85. The lowest BCUT2D eigenvalue weighted by atomic mass is 9.78. The second kappa shape index (κ2) is 8.60. The van der Waals surface area contributed by atoms with Gasteiger partial charge in [-0.25, -0.2) is 0 Å². The minimum atomic E-state index is -0.923. The highest BCUT2D eigenvalue weighted by molar-refractivity contribution is 7.15. The van der Waals surface area contributed by atoms with Gasteiger partial charge in [0.25, 0.3) is 5.91 Å². The zero-order chi connectivity index (χ0) is 21.3. The number of carbonyl (C=O) groups is 3. The molecule has 2 saturated carbocycles. The number of aryl methyl sites for hydroxylation is 1. The van der Waals surface area contributed by atoms with Gasteiger partial charge < -0.3 is 15.7 Å². The van der Waals surface area contributed by atoms with Gasteiger partial charge in [0.1, 0.15) is 5.00 Å². The van der Waals surface area contributed by atoms with Crippen molar-refractivity contribution in [3.05, 3.63) is 40.8 Å². The quantitative estimate of drug-likeness (QED) is 0.636. The summed E-state index contributed by atoms with van der Waals surface area (Å²) < 4.78 is 0. The topological polar surface area (TPSA) is 95.5 Å². The number of aliphatic carboxylic acids is 1. The molecular weight excluding hydrogens is 400 g/mol. The van der Waals surface area contributed by atoms with E-state index in [0.717, 1.165) is 42.4 Å². The third kappa shape index (κ3) is 4.41. The lowest BCUT2D eigenvalue weighted by Gasteiger charge is -2.27. The van der Waals surface area contributed by atoms with Crippen LogP contribution >= 0.6 is 11.3 Å². The second-order valence-electron chi connectivity index (χ2n) is 8.29. The van der Waals surface area contributed by atoms with E-state index < -0.39 is 17.8 Å². The summed E-state index contributed by atoms with van der Waals surface area (Å²) in [6.45, 7) is 2.01. The van der Waals surface area contributed by atoms with Crippen LogP contribution in [0.5, 0.6) is 0 Å². The molecule has 6 nitrogen and oxygen atoms in total. The van der Waals surface area contributed by atoms with E-state index in [1.807, 2.05) is 36.6 Å². The Balaban J connectivity index is 1.63. The summed E-state index contributed by atoms with van der Waals surface area (Å²) in [5.74, 6) is -2.66. The van der Waals surface area contributed by atoms with Gasteiger partial charge in [0.2, 0.25) is 5.91 Å². The molecule has 0 bridgehead atoms. The van der Waals surface area contributed by atoms with E-state index in [1.54, 1.807) is 0 Å². The first-order chi connectivity index (χ1) is 14.4. The molecule has 0 aliphatic heterocycles. The summed E-state index contributed by atoms with van der Waals surface area (Å²) in [5.41, 5.74) is 3.29. The highest BCUT2D eigenvalue weighted by atomic mass is 32.1. The van der Waals surface area contributed by atoms with Crippen molar-refractivity contribution in [1.82, 2.24) is 5.32 Å². The highest BCUT2D eigenvalue weighted by Crippen LogP contribution is 2.38. The maximum atomic E-state index is 13.0. The molecule has 3 N–H and O–H groups in total. The number of hydrogen-bond acceptors (Lipinski definition) is 4. The predicted octanol–water partition coefficient (Wildman–Crippen LogP) is 4.45. The number of benzene rings is 1. The van der Waals surface area contributed by atoms with Crippen molar-refractivity contribution in [2.75, 3.05) is 5.32 Å². The number of rotatable bonds is 6. The van der Waals surface area contributed by atoms with E-state index >= 15 is 0 Å². The molecule has 1 aromatic carbocycles. The molecule has 0 radical (unpaired) electrons. The number of hydrogen-bond donors (Lipinski definition) is 3. The standard InChI is InChI=1S/C23H26N2O4S/c1-13-6-8-14(9-7-13)18-12-30-22(19(18)21(27)24-15-10-11-15)25-20(26)16-4-2-3-5-17(16)23(28)29/h6-9,12,15-17H,2-5,10-11H2,1H3,(H,24,27)(H,25,26)(H,28,29)/t16-,17-/m0/s1. The van der Waals surface area contributed by atoms with Gasteiger partial charge in [0.15, 0.2) is 0 Å². The number of carboxylic acids is 1. The van der Waals surface area contributed by atoms with Crippen molar-refractivity contribution < 1.29 is 19.5 Å². The molecule has 2 atom stereocenters. The smallest absolute Gasteiger partial charge is 0.307 e. The molecule has 2 aliphatic carbocycles. The summed E-state index contributed by atoms with van der Waals surface area (Å²) in [4.78, 5) is 37.6. The van der Waals surface area contributed by atoms with Crippen LogP contribution in [0.1, 0.15) is 54.4 Å². The monoisotopic (exact) mass is 426 g/mol. The first kappa shape index (κ1) is 20.6. The molecule has 2 amide bonds. The van der Waals surface area contributed by atoms with Crippen LogP contribution in [-0.4, -0.2) is 28.9 Å². The average molecular weight is 427 g/mol. The number of nitrogens with one attached hydrogen (secondary N) is 2. The van der Waals surface area contributed by atoms with E-state index in [4.69, 9.17) is 0 Å². The van der Waals surface area contributed by atoms with Gasteiger partial charge in [0.05, 0.1) is 17.4 Å². The molecule has 7 heteroatoms. The first-order valence-corrected chi connectivity index (χ1v) is 11.3. The minimum Gasteiger partial charge on any atom is -0.481 e. The fourth-order valence-electron chi connectivity index (χ4n) is 4.05. The molecule has 0 unspecified atom stereocenters. The largest absolute Gasteiger partial charge is 0.481 e. The van der Waals surface area contributed by atoms with Crippen LogP contribution in [-0.2, 0) is 9.59 Å². The molecule has 2 aliphatic rings. The zero-order valence-corrected chi connectivity index (χ0v) is 17.8. The van der Waals surface area contributed by atoms with E-state index in [1.165, 1.54) is 11.3 Å². The van der Waals surface area contributed by atoms with Crippen LogP contribution < -0.4 is 10.6 Å². The maximum Gasteiger partial charge on any atom is 0.307 e. The maximum absolute atomic E-state index is 13.0. The Bertz CT molecular complexity index is 962. The number of carbonyl (C=O) groups excluding carboxylic acids is 2. The Morgan fingerprint density at radius 3 is 2.30 bits per heavy atom. The molecule has 0 spiro atoms. The molecule has 2 aromatic rings. The molecular formula is C23H26N2O4S. The van der Waals surface area contributed by atoms with Crippen molar-refractivity contribution in [3.8, 4) is 11.1 Å². The van der Waals surface area contributed by atoms with Crippen molar-refractivity contribution in [3.63, 3.8) is 0 Å². The Morgan fingerprint density at radius 2 is 1.67 bits per heavy atom. The summed E-state index contributed by atoms with van der Waals surface area (Å²) in [7, 11) is 0. The van der Waals surface area contributed by atoms with Crippen LogP contribution in [0.2, 0.25) is 0 Å². The summed E-state index contributed by atoms with van der Waals surface area (Å²) >= 11 is 1.31. The Hall–Kier alpha value is -2.67. The van der Waals surface area contributed by atoms with Crippen LogP contribution in [0.3, 0.4) is 0 Å². The molecule has 1 aromatic heterocycles. The number of anilines is 1. The van der Waals surface area contributed by atoms with Crippen molar-refractivity contribution >= 4 is 34.1 Å². The molecule has 2 fully saturated rings. The number of thiophene rings is 1. The Labute approximate surface area is 179 Å². The van der Waals surface area contributed by atoms with E-state index in [-0.39, 0.29) is 17.9 Å². The van der Waals surface area contributed by atoms with Crippen LogP contribution in [0, 0.1) is 18.8 Å². The van der Waals surface area contributed by atoms with Crippen molar-refractivity contribution in [1.29, 1.82) is 0 Å². The van der Waals surface area contributed by atoms with E-state index in [2.05, 4.69) is 10.6 Å². The minimum absolute atomic E-state index is 0.192. The van der Waals surface area contributed by atoms with Gasteiger partial charge in [-0.2, -0.15) is 0 Å². The SMILES string of the molecule is Cc1ccc(-c2csc(NC(=O)[C@H]3CCCC[C@@H]3C(=O)O)c2C(=O)NC2CC2)cc1. The lowest BCUT2D eigenvalue weighted by molar-refractivity contribution is -0.147. The number of amides is 2. The zero-order valence-electron chi connectivity index (χ0n) is 16.9. The van der Waals surface area contributed by atoms with Crippen LogP contribution in [0.25, 0.3) is 11.1 Å². The van der Waals surface area contributed by atoms with Crippen LogP contribution in [0.4, 0.5) is 5.00 Å². The normalized spacial score (nSPS) is 21.1. The van der Waals surface area contributed by atoms with Gasteiger partial charge in [-0.15, -0.1) is 11.3 Å². The Kier molecular flexibility index (Phi) is 5.90. The molecule has 0 saturated heterocycles. The molecule has 30 heavy (non-hydrogen) atoms. The van der Waals surface area contributed by atoms with Gasteiger partial charge in [-0.3, -0.25) is 14.4 Å². The molecule has 4 rings (SSSR count). The van der Waals surface area contributed by atoms with E-state index in [0.29, 0.717) is 23.4 Å². The van der Waals surface area contributed by atoms with Crippen LogP contribution in [0.15, 0.2) is 29.6 Å². The van der Waals surface area contributed by atoms with Gasteiger partial charge in [-0.05, 0) is 38.2 Å². The predicted molar refractivity (Wildman–Crippen MR) is 117 cm³/mol. The summed E-state index contributed by atoms with van der Waals surface area (Å²) in [6.07, 6.45) is 4.69. The highest BCUT2D eigenvalue weighted by Gasteiger charge is 2.36. The van der Waals surface area contributed by atoms with Gasteiger partial charge >= 0.3 is 5.97 Å². The Morgan fingerprint density at radius 1 is 1.00 bits per heavy atom. The molecule has 158 valence electrons. The second-order valence-corrected chi connectivity index (χ2v) is 9.17. The summed E-state index contributed by atoms with van der Waals surface area (Å²) in [5, 5.41) is 17.8.